The molecule has 0 aliphatic heterocycles. The number of fused-ring (bicyclic) bond motifs is 1. The van der Waals surface area contributed by atoms with Gasteiger partial charge in [0.05, 0.1) is 0 Å². The minimum absolute atomic E-state index is 0.0730. The fraction of sp³-hybridized carbons (Fsp3) is 0.900. The van der Waals surface area contributed by atoms with E-state index in [-0.39, 0.29) is 11.8 Å². The van der Waals surface area contributed by atoms with Crippen molar-refractivity contribution in [2.24, 2.45) is 17.8 Å². The summed E-state index contributed by atoms with van der Waals surface area (Å²) in [5.74, 6) is 2.34. The number of carbonyl (C=O) groups is 2. The first-order valence-corrected chi connectivity index (χ1v) is 10.1. The molecule has 4 heteroatoms. The maximum Gasteiger partial charge on any atom is 0.245 e. The van der Waals surface area contributed by atoms with Crippen LogP contribution in [0.15, 0.2) is 0 Å². The summed E-state index contributed by atoms with van der Waals surface area (Å²) in [6, 6.07) is 0.307. The zero-order valence-electron chi connectivity index (χ0n) is 15.4. The molecule has 0 aromatic carbocycles. The van der Waals surface area contributed by atoms with Crippen LogP contribution in [0.2, 0.25) is 0 Å². The minimum Gasteiger partial charge on any atom is -0.351 e. The standard InChI is InChI=1S/C20H34N2O2/c1-14-9-11-20(12-10-14,22-15(2)23)19(24)21-18-8-7-16-5-3-4-6-17(16)13-18/h14,16-18H,3-13H2,1-2H3,(H,21,24)(H,22,23)/t14?,16-,17-,18+,20?/m0/s1. The van der Waals surface area contributed by atoms with Gasteiger partial charge in [0.2, 0.25) is 11.8 Å². The Morgan fingerprint density at radius 2 is 1.58 bits per heavy atom. The van der Waals surface area contributed by atoms with Crippen molar-refractivity contribution in [2.75, 3.05) is 0 Å². The molecule has 0 bridgehead atoms. The molecule has 3 fully saturated rings. The highest BCUT2D eigenvalue weighted by Crippen LogP contribution is 2.41. The number of nitrogens with one attached hydrogen (secondary N) is 2. The third kappa shape index (κ3) is 3.94. The van der Waals surface area contributed by atoms with Gasteiger partial charge in [0, 0.05) is 13.0 Å². The quantitative estimate of drug-likeness (QED) is 0.829. The molecule has 3 atom stereocenters. The summed E-state index contributed by atoms with van der Waals surface area (Å²) in [7, 11) is 0. The molecule has 0 saturated heterocycles. The summed E-state index contributed by atoms with van der Waals surface area (Å²) >= 11 is 0. The summed E-state index contributed by atoms with van der Waals surface area (Å²) in [4.78, 5) is 24.8. The van der Waals surface area contributed by atoms with Gasteiger partial charge in [0.15, 0.2) is 0 Å². The Morgan fingerprint density at radius 3 is 2.25 bits per heavy atom. The van der Waals surface area contributed by atoms with E-state index in [4.69, 9.17) is 0 Å². The summed E-state index contributed by atoms with van der Waals surface area (Å²) in [6.07, 6.45) is 12.6. The highest BCUT2D eigenvalue weighted by atomic mass is 16.2. The number of hydrogen-bond acceptors (Lipinski definition) is 2. The molecule has 2 amide bonds. The van der Waals surface area contributed by atoms with Gasteiger partial charge >= 0.3 is 0 Å². The molecule has 3 aliphatic rings. The van der Waals surface area contributed by atoms with Crippen LogP contribution in [-0.2, 0) is 9.59 Å². The fourth-order valence-corrected chi connectivity index (χ4v) is 5.33. The van der Waals surface area contributed by atoms with Crippen LogP contribution in [0, 0.1) is 17.8 Å². The Balaban J connectivity index is 1.62. The second-order valence-electron chi connectivity index (χ2n) is 8.73. The summed E-state index contributed by atoms with van der Waals surface area (Å²) in [5.41, 5.74) is -0.665. The van der Waals surface area contributed by atoms with E-state index in [0.29, 0.717) is 12.0 Å². The van der Waals surface area contributed by atoms with Gasteiger partial charge in [-0.15, -0.1) is 0 Å². The van der Waals surface area contributed by atoms with Gasteiger partial charge in [-0.2, -0.15) is 0 Å². The lowest BCUT2D eigenvalue weighted by atomic mass is 9.69. The molecule has 2 N–H and O–H groups in total. The van der Waals surface area contributed by atoms with E-state index in [1.165, 1.54) is 39.0 Å². The lowest BCUT2D eigenvalue weighted by molar-refractivity contribution is -0.135. The molecule has 0 spiro atoms. The van der Waals surface area contributed by atoms with Crippen molar-refractivity contribution in [3.63, 3.8) is 0 Å². The SMILES string of the molecule is CC(=O)NC1(C(=O)N[C@@H]2CC[C@@H]3CCCC[C@H]3C2)CCC(C)CC1. The minimum atomic E-state index is -0.665. The van der Waals surface area contributed by atoms with Gasteiger partial charge < -0.3 is 10.6 Å². The first-order chi connectivity index (χ1) is 11.5. The van der Waals surface area contributed by atoms with Gasteiger partial charge in [0.1, 0.15) is 5.54 Å². The molecule has 0 aromatic rings. The Labute approximate surface area is 146 Å². The largest absolute Gasteiger partial charge is 0.351 e. The number of amides is 2. The topological polar surface area (TPSA) is 58.2 Å². The third-order valence-electron chi connectivity index (χ3n) is 6.85. The van der Waals surface area contributed by atoms with E-state index >= 15 is 0 Å². The average Bonchev–Trinajstić information content (AvgIpc) is 2.56. The van der Waals surface area contributed by atoms with E-state index in [0.717, 1.165) is 50.4 Å². The highest BCUT2D eigenvalue weighted by molar-refractivity contribution is 5.91. The van der Waals surface area contributed by atoms with Crippen molar-refractivity contribution in [3.8, 4) is 0 Å². The first-order valence-electron chi connectivity index (χ1n) is 10.1. The number of rotatable bonds is 3. The van der Waals surface area contributed by atoms with Gasteiger partial charge in [-0.05, 0) is 62.7 Å². The molecule has 3 saturated carbocycles. The van der Waals surface area contributed by atoms with E-state index in [1.54, 1.807) is 0 Å². The molecule has 0 heterocycles. The van der Waals surface area contributed by atoms with Gasteiger partial charge in [-0.3, -0.25) is 9.59 Å². The number of hydrogen-bond donors (Lipinski definition) is 2. The Hall–Kier alpha value is -1.06. The highest BCUT2D eigenvalue weighted by Gasteiger charge is 2.43. The van der Waals surface area contributed by atoms with Crippen LogP contribution in [0.3, 0.4) is 0 Å². The van der Waals surface area contributed by atoms with E-state index in [1.807, 2.05) is 0 Å². The maximum absolute atomic E-state index is 13.1. The van der Waals surface area contributed by atoms with Crippen molar-refractivity contribution in [1.82, 2.24) is 10.6 Å². The van der Waals surface area contributed by atoms with E-state index in [9.17, 15) is 9.59 Å². The van der Waals surface area contributed by atoms with Crippen molar-refractivity contribution in [3.05, 3.63) is 0 Å². The maximum atomic E-state index is 13.1. The lowest BCUT2D eigenvalue weighted by Crippen LogP contribution is -2.61. The van der Waals surface area contributed by atoms with Crippen molar-refractivity contribution < 1.29 is 9.59 Å². The zero-order valence-corrected chi connectivity index (χ0v) is 15.4. The Bertz CT molecular complexity index is 468. The number of carbonyl (C=O) groups excluding carboxylic acids is 2. The van der Waals surface area contributed by atoms with Crippen LogP contribution in [0.4, 0.5) is 0 Å². The molecule has 0 aromatic heterocycles. The predicted octanol–water partition coefficient (Wildman–Crippen LogP) is 3.55. The summed E-state index contributed by atoms with van der Waals surface area (Å²) in [5, 5.41) is 6.34. The lowest BCUT2D eigenvalue weighted by Gasteiger charge is -2.42. The Morgan fingerprint density at radius 1 is 0.917 bits per heavy atom. The van der Waals surface area contributed by atoms with Crippen molar-refractivity contribution in [1.29, 1.82) is 0 Å². The van der Waals surface area contributed by atoms with Crippen molar-refractivity contribution in [2.45, 2.75) is 96.1 Å². The van der Waals surface area contributed by atoms with Crippen LogP contribution < -0.4 is 10.6 Å². The Kier molecular flexibility index (Phi) is 5.51. The van der Waals surface area contributed by atoms with E-state index in [2.05, 4.69) is 17.6 Å². The van der Waals surface area contributed by atoms with Crippen molar-refractivity contribution >= 4 is 11.8 Å². The molecule has 3 rings (SSSR count). The summed E-state index contributed by atoms with van der Waals surface area (Å²) < 4.78 is 0. The van der Waals surface area contributed by atoms with Gasteiger partial charge in [-0.1, -0.05) is 32.6 Å². The monoisotopic (exact) mass is 334 g/mol. The molecule has 0 unspecified atom stereocenters. The molecule has 0 radical (unpaired) electrons. The van der Waals surface area contributed by atoms with Gasteiger partial charge in [0.25, 0.3) is 0 Å². The molecule has 4 nitrogen and oxygen atoms in total. The summed E-state index contributed by atoms with van der Waals surface area (Å²) in [6.45, 7) is 3.76. The van der Waals surface area contributed by atoms with Crippen LogP contribution in [0.5, 0.6) is 0 Å². The molecule has 3 aliphatic carbocycles. The third-order valence-corrected chi connectivity index (χ3v) is 6.85. The molecule has 136 valence electrons. The second-order valence-corrected chi connectivity index (χ2v) is 8.73. The van der Waals surface area contributed by atoms with Crippen LogP contribution in [0.25, 0.3) is 0 Å². The molecule has 24 heavy (non-hydrogen) atoms. The smallest absolute Gasteiger partial charge is 0.245 e. The molecular weight excluding hydrogens is 300 g/mol. The molecular formula is C20H34N2O2. The van der Waals surface area contributed by atoms with Crippen LogP contribution in [0.1, 0.15) is 84.5 Å². The second kappa shape index (κ2) is 7.45. The average molecular weight is 335 g/mol. The normalized spacial score (nSPS) is 39.6. The van der Waals surface area contributed by atoms with Gasteiger partial charge in [-0.25, -0.2) is 0 Å². The van der Waals surface area contributed by atoms with Crippen LogP contribution >= 0.6 is 0 Å². The van der Waals surface area contributed by atoms with Crippen LogP contribution in [-0.4, -0.2) is 23.4 Å². The predicted molar refractivity (Wildman–Crippen MR) is 95.4 cm³/mol. The zero-order chi connectivity index (χ0) is 17.2. The van der Waals surface area contributed by atoms with E-state index < -0.39 is 5.54 Å². The fourth-order valence-electron chi connectivity index (χ4n) is 5.33. The first kappa shape index (κ1) is 17.8.